The average molecular weight is 393 g/mol. The van der Waals surface area contributed by atoms with Gasteiger partial charge in [0.2, 0.25) is 0 Å². The van der Waals surface area contributed by atoms with Crippen molar-refractivity contribution >= 4 is 5.78 Å². The van der Waals surface area contributed by atoms with E-state index in [1.807, 2.05) is 13.8 Å². The van der Waals surface area contributed by atoms with E-state index < -0.39 is 11.4 Å². The Morgan fingerprint density at radius 1 is 1.11 bits per heavy atom. The van der Waals surface area contributed by atoms with Crippen LogP contribution < -0.4 is 0 Å². The lowest BCUT2D eigenvalue weighted by Gasteiger charge is -2.67. The second-order valence-electron chi connectivity index (χ2n) is 11.6. The first-order valence-electron chi connectivity index (χ1n) is 11.2. The minimum Gasteiger partial charge on any atom is -0.393 e. The van der Waals surface area contributed by atoms with Crippen LogP contribution in [0.15, 0.2) is 0 Å². The van der Waals surface area contributed by atoms with Crippen LogP contribution in [0.5, 0.6) is 0 Å². The SMILES string of the molecule is CC1(C)OC[C@]2(C)[C@@H](CC[C@@]3(C)[C@H]2C(=O)C[C@H]2C[C@@H]4C[C@@]23CC[C@]4(O)CO)O1. The first-order chi connectivity index (χ1) is 13.0. The fourth-order valence-electron chi connectivity index (χ4n) is 8.60. The summed E-state index contributed by atoms with van der Waals surface area (Å²) in [5, 5.41) is 20.8. The van der Waals surface area contributed by atoms with Crippen LogP contribution in [0.1, 0.15) is 72.6 Å². The van der Waals surface area contributed by atoms with E-state index in [-0.39, 0.29) is 40.8 Å². The van der Waals surface area contributed by atoms with Crippen LogP contribution in [0.3, 0.4) is 0 Å². The molecule has 5 nitrogen and oxygen atoms in total. The number of carbonyl (C=O) groups is 1. The Morgan fingerprint density at radius 2 is 1.86 bits per heavy atom. The molecule has 158 valence electrons. The molecule has 2 bridgehead atoms. The van der Waals surface area contributed by atoms with E-state index in [1.54, 1.807) is 0 Å². The Bertz CT molecular complexity index is 705. The molecule has 0 aromatic carbocycles. The smallest absolute Gasteiger partial charge is 0.163 e. The maximum absolute atomic E-state index is 13.6. The highest BCUT2D eigenvalue weighted by molar-refractivity contribution is 5.85. The molecule has 8 atom stereocenters. The lowest BCUT2D eigenvalue weighted by molar-refractivity contribution is -0.346. The number of ketones is 1. The zero-order valence-electron chi connectivity index (χ0n) is 17.8. The van der Waals surface area contributed by atoms with Crippen molar-refractivity contribution in [2.45, 2.75) is 90.1 Å². The Morgan fingerprint density at radius 3 is 2.57 bits per heavy atom. The van der Waals surface area contributed by atoms with Gasteiger partial charge in [-0.15, -0.1) is 0 Å². The molecule has 1 saturated heterocycles. The van der Waals surface area contributed by atoms with E-state index in [0.29, 0.717) is 31.1 Å². The quantitative estimate of drug-likeness (QED) is 0.717. The number of ether oxygens (including phenoxy) is 2. The van der Waals surface area contributed by atoms with Crippen molar-refractivity contribution in [3.8, 4) is 0 Å². The van der Waals surface area contributed by atoms with Gasteiger partial charge in [-0.1, -0.05) is 13.8 Å². The van der Waals surface area contributed by atoms with Gasteiger partial charge in [-0.2, -0.15) is 0 Å². The summed E-state index contributed by atoms with van der Waals surface area (Å²) in [6, 6.07) is 0. The fourth-order valence-corrected chi connectivity index (χ4v) is 8.60. The van der Waals surface area contributed by atoms with E-state index >= 15 is 0 Å². The van der Waals surface area contributed by atoms with Gasteiger partial charge in [-0.3, -0.25) is 4.79 Å². The van der Waals surface area contributed by atoms with Crippen molar-refractivity contribution in [2.24, 2.45) is 34.0 Å². The van der Waals surface area contributed by atoms with Gasteiger partial charge in [0, 0.05) is 17.8 Å². The van der Waals surface area contributed by atoms with Crippen molar-refractivity contribution in [1.29, 1.82) is 0 Å². The second kappa shape index (κ2) is 5.60. The predicted molar refractivity (Wildman–Crippen MR) is 103 cm³/mol. The van der Waals surface area contributed by atoms with Crippen molar-refractivity contribution in [3.05, 3.63) is 0 Å². The third kappa shape index (κ3) is 2.20. The van der Waals surface area contributed by atoms with Gasteiger partial charge in [0.05, 0.1) is 24.9 Å². The van der Waals surface area contributed by atoms with Crippen molar-refractivity contribution in [3.63, 3.8) is 0 Å². The van der Waals surface area contributed by atoms with Crippen molar-refractivity contribution in [1.82, 2.24) is 0 Å². The van der Waals surface area contributed by atoms with Gasteiger partial charge < -0.3 is 19.7 Å². The number of hydrogen-bond acceptors (Lipinski definition) is 5. The summed E-state index contributed by atoms with van der Waals surface area (Å²) in [7, 11) is 0. The molecule has 2 N–H and O–H groups in total. The van der Waals surface area contributed by atoms with Crippen LogP contribution in [-0.2, 0) is 14.3 Å². The molecule has 4 saturated carbocycles. The maximum Gasteiger partial charge on any atom is 0.163 e. The minimum atomic E-state index is -0.959. The highest BCUT2D eigenvalue weighted by Gasteiger charge is 2.73. The standard InChI is InChI=1S/C23H36O5/c1-19(2)27-13-20(3)17(28-19)5-6-21(4)18(20)16(25)10-14-9-15-11-22(14,21)7-8-23(15,26)12-24/h14-15,17-18,24,26H,5-13H2,1-4H3/t14-,15-,17-,18+,20-,21+,22+,23+/m1/s1. The molecule has 0 amide bonds. The number of hydrogen-bond donors (Lipinski definition) is 2. The molecule has 0 radical (unpaired) electrons. The minimum absolute atomic E-state index is 0.0508. The van der Waals surface area contributed by atoms with Crippen LogP contribution in [0.4, 0.5) is 0 Å². The fraction of sp³-hybridized carbons (Fsp3) is 0.957. The summed E-state index contributed by atoms with van der Waals surface area (Å²) in [6.45, 7) is 8.91. The molecule has 5 rings (SSSR count). The van der Waals surface area contributed by atoms with E-state index in [9.17, 15) is 15.0 Å². The van der Waals surface area contributed by atoms with Gasteiger partial charge >= 0.3 is 0 Å². The topological polar surface area (TPSA) is 76.0 Å². The number of aliphatic hydroxyl groups excluding tert-OH is 1. The van der Waals surface area contributed by atoms with Gasteiger partial charge in [0.15, 0.2) is 5.79 Å². The number of aliphatic hydroxyl groups is 2. The summed E-state index contributed by atoms with van der Waals surface area (Å²) in [5.41, 5.74) is -1.24. The molecular formula is C23H36O5. The van der Waals surface area contributed by atoms with E-state index in [4.69, 9.17) is 9.47 Å². The normalized spacial score (nSPS) is 57.3. The first-order valence-corrected chi connectivity index (χ1v) is 11.2. The molecule has 5 fully saturated rings. The number of carbonyl (C=O) groups excluding carboxylic acids is 1. The number of rotatable bonds is 1. The summed E-state index contributed by atoms with van der Waals surface area (Å²) in [6.07, 6.45) is 6.04. The van der Waals surface area contributed by atoms with Crippen LogP contribution in [0.2, 0.25) is 0 Å². The molecule has 1 spiro atoms. The molecule has 1 heterocycles. The van der Waals surface area contributed by atoms with Gasteiger partial charge in [-0.05, 0) is 75.0 Å². The lowest BCUT2D eigenvalue weighted by atomic mass is 9.38. The number of fused-ring (bicyclic) bond motifs is 4. The van der Waals surface area contributed by atoms with Crippen LogP contribution in [0, 0.1) is 34.0 Å². The molecule has 5 aliphatic rings. The highest BCUT2D eigenvalue weighted by Crippen LogP contribution is 2.75. The summed E-state index contributed by atoms with van der Waals surface area (Å²) < 4.78 is 12.4. The maximum atomic E-state index is 13.6. The monoisotopic (exact) mass is 392 g/mol. The summed E-state index contributed by atoms with van der Waals surface area (Å²) in [4.78, 5) is 13.6. The van der Waals surface area contributed by atoms with Crippen LogP contribution in [-0.4, -0.2) is 46.7 Å². The molecule has 1 aliphatic heterocycles. The highest BCUT2D eigenvalue weighted by atomic mass is 16.7. The Balaban J connectivity index is 1.56. The number of Topliss-reactive ketones (excluding diaryl/α,β-unsaturated/α-hetero) is 1. The predicted octanol–water partition coefficient (Wildman–Crippen LogP) is 3.06. The van der Waals surface area contributed by atoms with E-state index in [0.717, 1.165) is 32.1 Å². The summed E-state index contributed by atoms with van der Waals surface area (Å²) in [5.74, 6) is 0.191. The van der Waals surface area contributed by atoms with Crippen molar-refractivity contribution in [2.75, 3.05) is 13.2 Å². The zero-order valence-corrected chi connectivity index (χ0v) is 17.8. The second-order valence-corrected chi connectivity index (χ2v) is 11.6. The van der Waals surface area contributed by atoms with Gasteiger partial charge in [-0.25, -0.2) is 0 Å². The Labute approximate surface area is 168 Å². The van der Waals surface area contributed by atoms with E-state index in [2.05, 4.69) is 13.8 Å². The Hall–Kier alpha value is -0.490. The first kappa shape index (κ1) is 19.5. The summed E-state index contributed by atoms with van der Waals surface area (Å²) >= 11 is 0. The molecule has 5 heteroatoms. The van der Waals surface area contributed by atoms with Gasteiger partial charge in [0.1, 0.15) is 5.78 Å². The van der Waals surface area contributed by atoms with Crippen LogP contribution >= 0.6 is 0 Å². The van der Waals surface area contributed by atoms with Crippen LogP contribution in [0.25, 0.3) is 0 Å². The third-order valence-corrected chi connectivity index (χ3v) is 10.0. The molecule has 0 aromatic heterocycles. The third-order valence-electron chi connectivity index (χ3n) is 10.0. The molecule has 0 unspecified atom stereocenters. The van der Waals surface area contributed by atoms with Crippen molar-refractivity contribution < 1.29 is 24.5 Å². The molecule has 28 heavy (non-hydrogen) atoms. The molecule has 4 aliphatic carbocycles. The average Bonchev–Trinajstić information content (AvgIpc) is 2.96. The molecule has 0 aromatic rings. The largest absolute Gasteiger partial charge is 0.393 e. The zero-order chi connectivity index (χ0) is 20.2. The lowest BCUT2D eigenvalue weighted by Crippen LogP contribution is -2.68. The molecular weight excluding hydrogens is 356 g/mol. The van der Waals surface area contributed by atoms with Gasteiger partial charge in [0.25, 0.3) is 0 Å². The van der Waals surface area contributed by atoms with E-state index in [1.165, 1.54) is 0 Å². The Kier molecular flexibility index (Phi) is 3.89.